The Morgan fingerprint density at radius 3 is 2.61 bits per heavy atom. The highest BCUT2D eigenvalue weighted by Crippen LogP contribution is 2.11. The van der Waals surface area contributed by atoms with E-state index in [0.717, 1.165) is 19.3 Å². The minimum Gasteiger partial charge on any atom is -0.373 e. The molecule has 102 valence electrons. The molecule has 0 spiro atoms. The molecule has 1 aromatic rings. The van der Waals surface area contributed by atoms with Crippen LogP contribution in [0, 0.1) is 0 Å². The Hall–Kier alpha value is -1.14. The third kappa shape index (κ3) is 4.27. The van der Waals surface area contributed by atoms with Crippen LogP contribution in [-0.2, 0) is 10.0 Å². The highest BCUT2D eigenvalue weighted by molar-refractivity contribution is 7.89. The van der Waals surface area contributed by atoms with E-state index in [0.29, 0.717) is 5.82 Å². The monoisotopic (exact) mass is 271 g/mol. The molecule has 1 rings (SSSR count). The van der Waals surface area contributed by atoms with E-state index < -0.39 is 10.0 Å². The van der Waals surface area contributed by atoms with Gasteiger partial charge in [0.15, 0.2) is 0 Å². The van der Waals surface area contributed by atoms with Gasteiger partial charge in [-0.05, 0) is 25.5 Å². The maximum atomic E-state index is 12.0. The lowest BCUT2D eigenvalue weighted by molar-refractivity contribution is 0.534. The average Bonchev–Trinajstić information content (AvgIpc) is 2.36. The second-order valence-corrected chi connectivity index (χ2v) is 6.01. The molecule has 2 N–H and O–H groups in total. The second kappa shape index (κ2) is 6.70. The zero-order valence-electron chi connectivity index (χ0n) is 11.1. The number of hydrogen-bond donors (Lipinski definition) is 2. The van der Waals surface area contributed by atoms with Gasteiger partial charge in [-0.15, -0.1) is 0 Å². The summed E-state index contributed by atoms with van der Waals surface area (Å²) in [4.78, 5) is 4.20. The van der Waals surface area contributed by atoms with Crippen molar-refractivity contribution in [1.82, 2.24) is 9.71 Å². The molecule has 0 amide bonds. The lowest BCUT2D eigenvalue weighted by Crippen LogP contribution is -2.32. The first kappa shape index (κ1) is 14.9. The summed E-state index contributed by atoms with van der Waals surface area (Å²) in [6.07, 6.45) is 4.28. The summed E-state index contributed by atoms with van der Waals surface area (Å²) in [7, 11) is -1.72. The van der Waals surface area contributed by atoms with E-state index in [4.69, 9.17) is 0 Å². The van der Waals surface area contributed by atoms with Gasteiger partial charge < -0.3 is 5.32 Å². The van der Waals surface area contributed by atoms with Gasteiger partial charge in [-0.3, -0.25) is 0 Å². The van der Waals surface area contributed by atoms with E-state index in [-0.39, 0.29) is 10.9 Å². The van der Waals surface area contributed by atoms with Crippen molar-refractivity contribution in [2.45, 2.75) is 44.0 Å². The Balaban J connectivity index is 2.73. The second-order valence-electron chi connectivity index (χ2n) is 4.29. The third-order valence-corrected chi connectivity index (χ3v) is 4.22. The van der Waals surface area contributed by atoms with Crippen molar-refractivity contribution in [1.29, 1.82) is 0 Å². The molecule has 0 fully saturated rings. The van der Waals surface area contributed by atoms with Gasteiger partial charge in [-0.25, -0.2) is 18.1 Å². The number of unbranched alkanes of at least 4 members (excludes halogenated alkanes) is 1. The van der Waals surface area contributed by atoms with Gasteiger partial charge in [0, 0.05) is 19.3 Å². The lowest BCUT2D eigenvalue weighted by Gasteiger charge is -2.13. The maximum Gasteiger partial charge on any atom is 0.242 e. The first-order valence-electron chi connectivity index (χ1n) is 6.15. The molecule has 0 bridgehead atoms. The van der Waals surface area contributed by atoms with E-state index in [9.17, 15) is 8.42 Å². The quantitative estimate of drug-likeness (QED) is 0.795. The smallest absolute Gasteiger partial charge is 0.242 e. The number of anilines is 1. The van der Waals surface area contributed by atoms with Crippen LogP contribution in [0.1, 0.15) is 33.1 Å². The molecule has 6 heteroatoms. The van der Waals surface area contributed by atoms with E-state index in [1.54, 1.807) is 19.2 Å². The van der Waals surface area contributed by atoms with Gasteiger partial charge in [0.25, 0.3) is 0 Å². The molecule has 0 saturated heterocycles. The van der Waals surface area contributed by atoms with Gasteiger partial charge >= 0.3 is 0 Å². The van der Waals surface area contributed by atoms with Crippen molar-refractivity contribution in [3.8, 4) is 0 Å². The molecule has 1 heterocycles. The fourth-order valence-corrected chi connectivity index (χ4v) is 2.81. The van der Waals surface area contributed by atoms with Gasteiger partial charge in [0.05, 0.1) is 0 Å². The number of aromatic nitrogens is 1. The number of rotatable bonds is 7. The van der Waals surface area contributed by atoms with Gasteiger partial charge in [-0.1, -0.05) is 19.8 Å². The molecular formula is C12H21N3O2S. The lowest BCUT2D eigenvalue weighted by atomic mass is 10.2. The van der Waals surface area contributed by atoms with Gasteiger partial charge in [0.1, 0.15) is 10.7 Å². The van der Waals surface area contributed by atoms with Crippen LogP contribution in [-0.4, -0.2) is 26.5 Å². The fraction of sp³-hybridized carbons (Fsp3) is 0.583. The van der Waals surface area contributed by atoms with Crippen molar-refractivity contribution in [3.05, 3.63) is 18.3 Å². The van der Waals surface area contributed by atoms with Crippen LogP contribution in [0.5, 0.6) is 0 Å². The minimum absolute atomic E-state index is 0.0565. The molecule has 0 aliphatic carbocycles. The van der Waals surface area contributed by atoms with Crippen LogP contribution in [0.15, 0.2) is 23.2 Å². The summed E-state index contributed by atoms with van der Waals surface area (Å²) in [6.45, 7) is 3.96. The zero-order chi connectivity index (χ0) is 13.6. The number of nitrogens with zero attached hydrogens (tertiary/aromatic N) is 1. The molecular weight excluding hydrogens is 250 g/mol. The van der Waals surface area contributed by atoms with Crippen molar-refractivity contribution < 1.29 is 8.42 Å². The third-order valence-electron chi connectivity index (χ3n) is 2.65. The number of nitrogens with one attached hydrogen (secondary N) is 2. The van der Waals surface area contributed by atoms with Crippen LogP contribution in [0.2, 0.25) is 0 Å². The number of sulfonamides is 1. The summed E-state index contributed by atoms with van der Waals surface area (Å²) < 4.78 is 26.7. The van der Waals surface area contributed by atoms with Crippen LogP contribution in [0.4, 0.5) is 5.82 Å². The van der Waals surface area contributed by atoms with Gasteiger partial charge in [-0.2, -0.15) is 0 Å². The Bertz CT molecular complexity index is 457. The summed E-state index contributed by atoms with van der Waals surface area (Å²) in [5.74, 6) is 0.646. The van der Waals surface area contributed by atoms with Crippen molar-refractivity contribution in [2.75, 3.05) is 12.4 Å². The highest BCUT2D eigenvalue weighted by Gasteiger charge is 2.17. The maximum absolute atomic E-state index is 12.0. The van der Waals surface area contributed by atoms with E-state index in [1.165, 1.54) is 6.20 Å². The molecule has 0 aromatic carbocycles. The minimum atomic E-state index is -3.46. The molecule has 0 saturated carbocycles. The first-order valence-corrected chi connectivity index (χ1v) is 7.64. The van der Waals surface area contributed by atoms with Gasteiger partial charge in [0.2, 0.25) is 10.0 Å². The molecule has 0 radical (unpaired) electrons. The first-order chi connectivity index (χ1) is 8.49. The van der Waals surface area contributed by atoms with Crippen LogP contribution in [0.3, 0.4) is 0 Å². The summed E-state index contributed by atoms with van der Waals surface area (Å²) in [5.41, 5.74) is 0. The largest absolute Gasteiger partial charge is 0.373 e. The van der Waals surface area contributed by atoms with Crippen LogP contribution >= 0.6 is 0 Å². The molecule has 1 atom stereocenters. The average molecular weight is 271 g/mol. The molecule has 0 aliphatic rings. The van der Waals surface area contributed by atoms with Crippen molar-refractivity contribution in [2.24, 2.45) is 0 Å². The van der Waals surface area contributed by atoms with Crippen molar-refractivity contribution >= 4 is 15.8 Å². The van der Waals surface area contributed by atoms with Crippen molar-refractivity contribution in [3.63, 3.8) is 0 Å². The topological polar surface area (TPSA) is 71.1 Å². The van der Waals surface area contributed by atoms with E-state index >= 15 is 0 Å². The number of pyridine rings is 1. The van der Waals surface area contributed by atoms with Crippen LogP contribution in [0.25, 0.3) is 0 Å². The Morgan fingerprint density at radius 1 is 1.39 bits per heavy atom. The highest BCUT2D eigenvalue weighted by atomic mass is 32.2. The summed E-state index contributed by atoms with van der Waals surface area (Å²) in [6, 6.07) is 3.14. The predicted molar refractivity (Wildman–Crippen MR) is 73.1 cm³/mol. The normalized spacial score (nSPS) is 13.3. The zero-order valence-corrected chi connectivity index (χ0v) is 11.9. The van der Waals surface area contributed by atoms with E-state index in [2.05, 4.69) is 21.9 Å². The molecule has 0 aliphatic heterocycles. The Morgan fingerprint density at radius 2 is 2.11 bits per heavy atom. The molecule has 5 nitrogen and oxygen atoms in total. The Kier molecular flexibility index (Phi) is 5.55. The molecule has 1 aromatic heterocycles. The summed E-state index contributed by atoms with van der Waals surface area (Å²) >= 11 is 0. The van der Waals surface area contributed by atoms with E-state index in [1.807, 2.05) is 6.92 Å². The standard InChI is InChI=1S/C12H21N3O2S/c1-4-5-6-10(2)15-18(16,17)11-7-8-12(13-3)14-9-11/h7-10,15H,4-6H2,1-3H3,(H,13,14). The van der Waals surface area contributed by atoms with Crippen LogP contribution < -0.4 is 10.0 Å². The Labute approximate surface area is 109 Å². The predicted octanol–water partition coefficient (Wildman–Crippen LogP) is 1.98. The fourth-order valence-electron chi connectivity index (χ4n) is 1.59. The molecule has 1 unspecified atom stereocenters. The summed E-state index contributed by atoms with van der Waals surface area (Å²) in [5, 5.41) is 2.85. The SMILES string of the molecule is CCCCC(C)NS(=O)(=O)c1ccc(NC)nc1. The molecule has 18 heavy (non-hydrogen) atoms. The number of hydrogen-bond acceptors (Lipinski definition) is 4.